The fourth-order valence-electron chi connectivity index (χ4n) is 2.02. The summed E-state index contributed by atoms with van der Waals surface area (Å²) in [5.41, 5.74) is 0.928. The van der Waals surface area contributed by atoms with Gasteiger partial charge in [0, 0.05) is 6.42 Å². The van der Waals surface area contributed by atoms with Crippen molar-refractivity contribution in [2.75, 3.05) is 13.2 Å². The Hall–Kier alpha value is -2.27. The summed E-state index contributed by atoms with van der Waals surface area (Å²) in [6.07, 6.45) is 0.415. The van der Waals surface area contributed by atoms with Gasteiger partial charge < -0.3 is 9.47 Å². The van der Waals surface area contributed by atoms with Crippen LogP contribution in [0.4, 0.5) is 8.78 Å². The van der Waals surface area contributed by atoms with Gasteiger partial charge in [-0.25, -0.2) is 14.8 Å². The second kappa shape index (κ2) is 9.43. The van der Waals surface area contributed by atoms with E-state index in [1.54, 1.807) is 0 Å². The molecule has 26 heavy (non-hydrogen) atoms. The molecule has 2 aromatic rings. The van der Waals surface area contributed by atoms with Gasteiger partial charge in [0.1, 0.15) is 12.0 Å². The molecular weight excluding hydrogens is 374 g/mol. The molecule has 0 aliphatic heterocycles. The van der Waals surface area contributed by atoms with Gasteiger partial charge in [0.05, 0.1) is 6.61 Å². The van der Waals surface area contributed by atoms with Crippen molar-refractivity contribution in [3.63, 3.8) is 0 Å². The molecule has 10 heteroatoms. The third kappa shape index (κ3) is 5.92. The molecule has 0 aliphatic carbocycles. The van der Waals surface area contributed by atoms with Crippen LogP contribution in [0.1, 0.15) is 5.56 Å². The first kappa shape index (κ1) is 20.0. The Morgan fingerprint density at radius 3 is 2.54 bits per heavy atom. The van der Waals surface area contributed by atoms with Crippen LogP contribution in [0, 0.1) is 0 Å². The summed E-state index contributed by atoms with van der Waals surface area (Å²) < 4.78 is 38.6. The summed E-state index contributed by atoms with van der Waals surface area (Å²) in [5, 5.41) is 8.70. The van der Waals surface area contributed by atoms with Crippen LogP contribution in [-0.4, -0.2) is 35.7 Å². The van der Waals surface area contributed by atoms with Crippen molar-refractivity contribution in [2.24, 2.45) is 0 Å². The van der Waals surface area contributed by atoms with Crippen molar-refractivity contribution in [3.05, 3.63) is 48.0 Å². The molecule has 0 saturated carbocycles. The van der Waals surface area contributed by atoms with Crippen molar-refractivity contribution >= 4 is 34.8 Å². The van der Waals surface area contributed by atoms with Crippen molar-refractivity contribution in [3.8, 4) is 0 Å². The number of ether oxygens (including phenoxy) is 2. The second-order valence-electron chi connectivity index (χ2n) is 4.97. The van der Waals surface area contributed by atoms with Gasteiger partial charge >= 0.3 is 17.2 Å². The summed E-state index contributed by atoms with van der Waals surface area (Å²) in [6, 6.07) is 13.5. The van der Waals surface area contributed by atoms with Crippen molar-refractivity contribution in [2.45, 2.75) is 11.7 Å². The minimum Gasteiger partial charge on any atom is -0.463 e. The summed E-state index contributed by atoms with van der Waals surface area (Å²) in [5.74, 6) is -3.01. The van der Waals surface area contributed by atoms with Crippen LogP contribution in [-0.2, 0) is 34.9 Å². The highest BCUT2D eigenvalue weighted by molar-refractivity contribution is 7.96. The number of halogens is 2. The Balaban J connectivity index is 1.73. The molecule has 2 aromatic carbocycles. The van der Waals surface area contributed by atoms with Crippen LogP contribution < -0.4 is 0 Å². The van der Waals surface area contributed by atoms with E-state index >= 15 is 0 Å². The van der Waals surface area contributed by atoms with E-state index in [1.165, 1.54) is 0 Å². The lowest BCUT2D eigenvalue weighted by Gasteiger charge is -2.12. The van der Waals surface area contributed by atoms with Gasteiger partial charge in [-0.2, -0.15) is 8.78 Å². The first-order chi connectivity index (χ1) is 12.4. The van der Waals surface area contributed by atoms with E-state index in [-0.39, 0.29) is 6.61 Å². The third-order valence-electron chi connectivity index (χ3n) is 3.20. The zero-order valence-electron chi connectivity index (χ0n) is 13.2. The summed E-state index contributed by atoms with van der Waals surface area (Å²) in [7, 11) is 0. The van der Waals surface area contributed by atoms with E-state index in [4.69, 9.17) is 9.99 Å². The van der Waals surface area contributed by atoms with Gasteiger partial charge in [-0.3, -0.25) is 0 Å². The Kier molecular flexibility index (Phi) is 7.27. The highest BCUT2D eigenvalue weighted by Gasteiger charge is 2.44. The molecule has 0 fully saturated rings. The zero-order valence-corrected chi connectivity index (χ0v) is 14.0. The number of esters is 2. The molecule has 0 saturated heterocycles. The molecular formula is C16H14F2O7S. The first-order valence-corrected chi connectivity index (χ1v) is 8.01. The lowest BCUT2D eigenvalue weighted by molar-refractivity contribution is -0.433. The van der Waals surface area contributed by atoms with Crippen molar-refractivity contribution in [1.82, 2.24) is 0 Å². The second-order valence-corrected chi connectivity index (χ2v) is 5.79. The molecule has 0 aliphatic rings. The van der Waals surface area contributed by atoms with Crippen LogP contribution in [0.3, 0.4) is 0 Å². The van der Waals surface area contributed by atoms with Gasteiger partial charge in [-0.15, -0.1) is 4.33 Å². The van der Waals surface area contributed by atoms with E-state index in [2.05, 4.69) is 14.1 Å². The van der Waals surface area contributed by atoms with Gasteiger partial charge in [-0.1, -0.05) is 47.5 Å². The fourth-order valence-corrected chi connectivity index (χ4v) is 2.26. The number of hydrogen-bond donors (Lipinski definition) is 1. The minimum absolute atomic E-state index is 0.00132. The number of carbonyl (C=O) groups is 2. The van der Waals surface area contributed by atoms with Crippen LogP contribution >= 0.6 is 12.0 Å². The molecule has 0 unspecified atom stereocenters. The molecule has 0 bridgehead atoms. The van der Waals surface area contributed by atoms with E-state index in [9.17, 15) is 18.4 Å². The Labute approximate surface area is 150 Å². The SMILES string of the molecule is O=C(COC(=O)C(F)(F)SOOO)OCCc1ccc2ccccc2c1. The summed E-state index contributed by atoms with van der Waals surface area (Å²) in [4.78, 5) is 22.5. The Morgan fingerprint density at radius 1 is 1.08 bits per heavy atom. The van der Waals surface area contributed by atoms with Crippen LogP contribution in [0.25, 0.3) is 10.8 Å². The standard InChI is InChI=1S/C16H14F2O7S/c17-16(18,26-25-24-21)15(20)23-10-14(19)22-8-7-11-5-6-12-3-1-2-4-13(12)9-11/h1-6,9,21H,7-8,10H2. The smallest absolute Gasteiger partial charge is 0.415 e. The van der Waals surface area contributed by atoms with Crippen molar-refractivity contribution in [1.29, 1.82) is 0 Å². The topological polar surface area (TPSA) is 91.3 Å². The Morgan fingerprint density at radius 2 is 1.81 bits per heavy atom. The molecule has 0 aromatic heterocycles. The molecule has 0 amide bonds. The normalized spacial score (nSPS) is 11.3. The van der Waals surface area contributed by atoms with E-state index in [1.807, 2.05) is 42.5 Å². The molecule has 140 valence electrons. The van der Waals surface area contributed by atoms with Gasteiger partial charge in [0.25, 0.3) is 0 Å². The average Bonchev–Trinajstić information content (AvgIpc) is 2.64. The zero-order chi connectivity index (χ0) is 19.0. The number of alkyl halides is 2. The lowest BCUT2D eigenvalue weighted by atomic mass is 10.1. The largest absolute Gasteiger partial charge is 0.463 e. The maximum absolute atomic E-state index is 13.1. The van der Waals surface area contributed by atoms with Crippen LogP contribution in [0.5, 0.6) is 0 Å². The minimum atomic E-state index is -4.16. The predicted molar refractivity (Wildman–Crippen MR) is 86.9 cm³/mol. The van der Waals surface area contributed by atoms with Crippen LogP contribution in [0.15, 0.2) is 42.5 Å². The molecule has 0 radical (unpaired) electrons. The Bertz CT molecular complexity index is 769. The van der Waals surface area contributed by atoms with E-state index < -0.39 is 35.8 Å². The number of carbonyl (C=O) groups excluding carboxylic acids is 2. The maximum Gasteiger partial charge on any atom is 0.415 e. The van der Waals surface area contributed by atoms with Gasteiger partial charge in [0.15, 0.2) is 6.61 Å². The number of rotatable bonds is 9. The average molecular weight is 388 g/mol. The van der Waals surface area contributed by atoms with E-state index in [0.717, 1.165) is 16.3 Å². The maximum atomic E-state index is 13.1. The van der Waals surface area contributed by atoms with E-state index in [0.29, 0.717) is 6.42 Å². The number of fused-ring (bicyclic) bond motifs is 1. The predicted octanol–water partition coefficient (Wildman–Crippen LogP) is 3.13. The quantitative estimate of drug-likeness (QED) is 0.303. The number of benzene rings is 2. The lowest BCUT2D eigenvalue weighted by Crippen LogP contribution is -2.30. The van der Waals surface area contributed by atoms with Gasteiger partial charge in [0.2, 0.25) is 0 Å². The summed E-state index contributed by atoms with van der Waals surface area (Å²) in [6.45, 7) is -0.978. The molecule has 0 spiro atoms. The molecule has 0 atom stereocenters. The highest BCUT2D eigenvalue weighted by Crippen LogP contribution is 2.31. The highest BCUT2D eigenvalue weighted by atomic mass is 32.2. The number of hydrogen-bond acceptors (Lipinski definition) is 8. The van der Waals surface area contributed by atoms with Crippen LogP contribution in [0.2, 0.25) is 0 Å². The fraction of sp³-hybridized carbons (Fsp3) is 0.250. The molecule has 0 heterocycles. The molecule has 7 nitrogen and oxygen atoms in total. The molecule has 2 rings (SSSR count). The third-order valence-corrected chi connectivity index (χ3v) is 3.70. The monoisotopic (exact) mass is 388 g/mol. The first-order valence-electron chi connectivity index (χ1n) is 7.26. The van der Waals surface area contributed by atoms with Crippen molar-refractivity contribution < 1.29 is 42.5 Å². The summed E-state index contributed by atoms with van der Waals surface area (Å²) >= 11 is -0.778. The molecule has 1 N–H and O–H groups in total. The van der Waals surface area contributed by atoms with Gasteiger partial charge in [-0.05, 0) is 16.3 Å².